The van der Waals surface area contributed by atoms with Crippen molar-refractivity contribution in [2.75, 3.05) is 0 Å². The van der Waals surface area contributed by atoms with Crippen molar-refractivity contribution in [2.24, 2.45) is 0 Å². The van der Waals surface area contributed by atoms with Gasteiger partial charge in [0, 0.05) is 23.0 Å². The molecule has 28 heavy (non-hydrogen) atoms. The highest BCUT2D eigenvalue weighted by Crippen LogP contribution is 2.48. The largest absolute Gasteiger partial charge is 0.345 e. The number of carbonyl (C=O) groups excluding carboxylic acids is 2. The van der Waals surface area contributed by atoms with Crippen LogP contribution < -0.4 is 10.6 Å². The number of aryl methyl sites for hydroxylation is 2. The molecule has 2 N–H and O–H groups in total. The second kappa shape index (κ2) is 7.00. The topological polar surface area (TPSA) is 84.0 Å². The molecule has 2 saturated carbocycles. The van der Waals surface area contributed by atoms with Gasteiger partial charge in [-0.1, -0.05) is 6.07 Å². The average Bonchev–Trinajstić information content (AvgIpc) is 2.91. The van der Waals surface area contributed by atoms with Crippen LogP contribution in [0.2, 0.25) is 0 Å². The van der Waals surface area contributed by atoms with Crippen molar-refractivity contribution in [3.63, 3.8) is 0 Å². The number of amides is 2. The molecule has 6 heteroatoms. The van der Waals surface area contributed by atoms with Crippen molar-refractivity contribution < 1.29 is 9.59 Å². The second-order valence-electron chi connectivity index (χ2n) is 8.38. The van der Waals surface area contributed by atoms with Crippen molar-refractivity contribution in [1.82, 2.24) is 20.6 Å². The molecule has 2 amide bonds. The van der Waals surface area contributed by atoms with Gasteiger partial charge in [-0.3, -0.25) is 14.6 Å². The Morgan fingerprint density at radius 3 is 2.25 bits per heavy atom. The molecule has 0 aromatic carbocycles. The van der Waals surface area contributed by atoms with Gasteiger partial charge in [0.15, 0.2) is 0 Å². The number of aromatic nitrogens is 2. The molecule has 6 nitrogen and oxygen atoms in total. The number of carbonyl (C=O) groups is 2. The summed E-state index contributed by atoms with van der Waals surface area (Å²) in [5, 5.41) is 6.49. The Bertz CT molecular complexity index is 855. The van der Waals surface area contributed by atoms with Gasteiger partial charge in [0.1, 0.15) is 11.4 Å². The highest BCUT2D eigenvalue weighted by Gasteiger charge is 2.52. The Morgan fingerprint density at radius 1 is 0.929 bits per heavy atom. The van der Waals surface area contributed by atoms with Crippen LogP contribution in [0.4, 0.5) is 0 Å². The minimum atomic E-state index is -0.270. The quantitative estimate of drug-likeness (QED) is 0.856. The lowest BCUT2D eigenvalue weighted by molar-refractivity contribution is 0.0827. The van der Waals surface area contributed by atoms with Gasteiger partial charge in [0.25, 0.3) is 11.8 Å². The molecule has 2 bridgehead atoms. The fourth-order valence-electron chi connectivity index (χ4n) is 4.77. The molecule has 2 heterocycles. The maximum Gasteiger partial charge on any atom is 0.270 e. The fraction of sp³-hybridized carbons (Fsp3) is 0.455. The molecule has 146 valence electrons. The first-order chi connectivity index (χ1) is 13.4. The molecule has 2 aromatic heterocycles. The number of nitrogens with zero attached hydrogens (tertiary/aromatic N) is 2. The van der Waals surface area contributed by atoms with E-state index in [2.05, 4.69) is 20.6 Å². The minimum Gasteiger partial charge on any atom is -0.345 e. The highest BCUT2D eigenvalue weighted by atomic mass is 16.2. The number of rotatable bonds is 4. The molecule has 0 saturated heterocycles. The summed E-state index contributed by atoms with van der Waals surface area (Å²) in [5.41, 5.74) is 2.20. The van der Waals surface area contributed by atoms with E-state index in [0.717, 1.165) is 49.8 Å². The summed E-state index contributed by atoms with van der Waals surface area (Å²) in [4.78, 5) is 34.1. The Labute approximate surface area is 165 Å². The van der Waals surface area contributed by atoms with Gasteiger partial charge in [-0.25, -0.2) is 4.98 Å². The van der Waals surface area contributed by atoms with Gasteiger partial charge >= 0.3 is 0 Å². The van der Waals surface area contributed by atoms with Crippen molar-refractivity contribution in [3.05, 3.63) is 59.2 Å². The molecular formula is C22H26N4O2. The molecule has 2 aromatic rings. The summed E-state index contributed by atoms with van der Waals surface area (Å²) in [5.74, 6) is -0.263. The van der Waals surface area contributed by atoms with Gasteiger partial charge < -0.3 is 10.6 Å². The molecule has 0 spiro atoms. The Balaban J connectivity index is 1.48. The number of nitrogens with one attached hydrogen (secondary N) is 2. The van der Waals surface area contributed by atoms with Crippen LogP contribution in [0.25, 0.3) is 0 Å². The first-order valence-electron chi connectivity index (χ1n) is 9.90. The minimum absolute atomic E-state index is 0.131. The average molecular weight is 378 g/mol. The van der Waals surface area contributed by atoms with Crippen molar-refractivity contribution in [3.8, 4) is 0 Å². The van der Waals surface area contributed by atoms with Crippen LogP contribution in [-0.4, -0.2) is 32.9 Å². The predicted octanol–water partition coefficient (Wildman–Crippen LogP) is 3.10. The zero-order valence-corrected chi connectivity index (χ0v) is 16.4. The third-order valence-electron chi connectivity index (χ3n) is 6.10. The normalized spacial score (nSPS) is 25.9. The van der Waals surface area contributed by atoms with Crippen LogP contribution in [0.5, 0.6) is 0 Å². The molecule has 2 aliphatic rings. The Morgan fingerprint density at radius 2 is 1.61 bits per heavy atom. The number of hydrogen-bond donors (Lipinski definition) is 2. The number of fused-ring (bicyclic) bond motifs is 2. The summed E-state index contributed by atoms with van der Waals surface area (Å²) in [6.07, 6.45) is 7.00. The molecule has 0 aliphatic heterocycles. The van der Waals surface area contributed by atoms with Gasteiger partial charge in [-0.15, -0.1) is 0 Å². The molecule has 2 fully saturated rings. The molecule has 0 radical (unpaired) electrons. The van der Waals surface area contributed by atoms with Crippen LogP contribution in [0.1, 0.15) is 70.8 Å². The van der Waals surface area contributed by atoms with Crippen LogP contribution in [0.15, 0.2) is 36.5 Å². The third kappa shape index (κ3) is 3.63. The molecule has 2 atom stereocenters. The maximum atomic E-state index is 12.8. The summed E-state index contributed by atoms with van der Waals surface area (Å²) in [6, 6.07) is 9.16. The van der Waals surface area contributed by atoms with E-state index in [1.54, 1.807) is 12.3 Å². The lowest BCUT2D eigenvalue weighted by Gasteiger charge is -2.40. The van der Waals surface area contributed by atoms with Crippen molar-refractivity contribution >= 4 is 11.8 Å². The standard InChI is InChI=1S/C22H26N4O2/c1-15-7-12-23-18(13-15)20(28)26-22-9-4-8-21(14-22,10-11-22)25-19(27)17-6-3-5-16(2)24-17/h3,5-7,12-13H,4,8-11,14H2,1-2H3,(H,25,27)(H,26,28)/t21-,22+/m0/s1. The van der Waals surface area contributed by atoms with Crippen LogP contribution >= 0.6 is 0 Å². The summed E-state index contributed by atoms with van der Waals surface area (Å²) >= 11 is 0. The van der Waals surface area contributed by atoms with Gasteiger partial charge in [0.05, 0.1) is 0 Å². The Kier molecular flexibility index (Phi) is 4.65. The Hall–Kier alpha value is -2.76. The summed E-state index contributed by atoms with van der Waals surface area (Å²) in [7, 11) is 0. The van der Waals surface area contributed by atoms with E-state index in [4.69, 9.17) is 0 Å². The van der Waals surface area contributed by atoms with Crippen molar-refractivity contribution in [2.45, 2.75) is 63.5 Å². The zero-order chi connectivity index (χ0) is 19.8. The van der Waals surface area contributed by atoms with E-state index < -0.39 is 0 Å². The lowest BCUT2D eigenvalue weighted by Crippen LogP contribution is -2.55. The van der Waals surface area contributed by atoms with Gasteiger partial charge in [-0.05, 0) is 82.2 Å². The van der Waals surface area contributed by atoms with Crippen LogP contribution in [0.3, 0.4) is 0 Å². The van der Waals surface area contributed by atoms with Crippen LogP contribution in [-0.2, 0) is 0 Å². The first kappa shape index (κ1) is 18.6. The van der Waals surface area contributed by atoms with E-state index in [9.17, 15) is 9.59 Å². The molecule has 4 rings (SSSR count). The molecule has 0 unspecified atom stereocenters. The lowest BCUT2D eigenvalue weighted by atomic mass is 9.78. The van der Waals surface area contributed by atoms with Crippen LogP contribution in [0, 0.1) is 13.8 Å². The van der Waals surface area contributed by atoms with E-state index in [1.807, 2.05) is 38.1 Å². The predicted molar refractivity (Wildman–Crippen MR) is 106 cm³/mol. The fourth-order valence-corrected chi connectivity index (χ4v) is 4.77. The monoisotopic (exact) mass is 378 g/mol. The highest BCUT2D eigenvalue weighted by molar-refractivity contribution is 5.94. The van der Waals surface area contributed by atoms with E-state index in [-0.39, 0.29) is 22.9 Å². The zero-order valence-electron chi connectivity index (χ0n) is 16.4. The van der Waals surface area contributed by atoms with E-state index in [0.29, 0.717) is 11.4 Å². The smallest absolute Gasteiger partial charge is 0.270 e. The number of pyridine rings is 2. The first-order valence-corrected chi connectivity index (χ1v) is 9.90. The SMILES string of the molecule is Cc1ccnc(C(=O)N[C@]23CCC[C@](NC(=O)c4cccc(C)n4)(CC2)C3)c1. The molecule has 2 aliphatic carbocycles. The van der Waals surface area contributed by atoms with E-state index in [1.165, 1.54) is 0 Å². The maximum absolute atomic E-state index is 12.8. The summed E-state index contributed by atoms with van der Waals surface area (Å²) < 4.78 is 0. The third-order valence-corrected chi connectivity index (χ3v) is 6.10. The van der Waals surface area contributed by atoms with Gasteiger partial charge in [-0.2, -0.15) is 0 Å². The van der Waals surface area contributed by atoms with Crippen molar-refractivity contribution in [1.29, 1.82) is 0 Å². The van der Waals surface area contributed by atoms with Gasteiger partial charge in [0.2, 0.25) is 0 Å². The van der Waals surface area contributed by atoms with E-state index >= 15 is 0 Å². The summed E-state index contributed by atoms with van der Waals surface area (Å²) in [6.45, 7) is 3.83. The second-order valence-corrected chi connectivity index (χ2v) is 8.38. The molecular weight excluding hydrogens is 352 g/mol. The number of hydrogen-bond acceptors (Lipinski definition) is 4.